The van der Waals surface area contributed by atoms with Crippen LogP contribution < -0.4 is 5.32 Å². The monoisotopic (exact) mass is 245 g/mol. The largest absolute Gasteiger partial charge is 0.366 e. The molecule has 18 heavy (non-hydrogen) atoms. The summed E-state index contributed by atoms with van der Waals surface area (Å²) in [5, 5.41) is 8.84. The van der Waals surface area contributed by atoms with Crippen molar-refractivity contribution in [1.82, 2.24) is 19.7 Å². The molecule has 0 amide bonds. The lowest BCUT2D eigenvalue weighted by Gasteiger charge is -2.29. The highest BCUT2D eigenvalue weighted by Gasteiger charge is 2.22. The fraction of sp³-hybridized carbons (Fsp3) is 0.615. The molecule has 2 aromatic rings. The molecule has 2 unspecified atom stereocenters. The molecule has 0 aromatic carbocycles. The van der Waals surface area contributed by atoms with Crippen LogP contribution in [0.1, 0.15) is 32.6 Å². The zero-order valence-corrected chi connectivity index (χ0v) is 10.9. The van der Waals surface area contributed by atoms with E-state index in [9.17, 15) is 0 Å². The maximum atomic E-state index is 4.37. The average Bonchev–Trinajstić information content (AvgIpc) is 2.76. The smallest absolute Gasteiger partial charge is 0.163 e. The second-order valence-electron chi connectivity index (χ2n) is 5.24. The van der Waals surface area contributed by atoms with Gasteiger partial charge in [0.1, 0.15) is 12.1 Å². The van der Waals surface area contributed by atoms with Crippen molar-refractivity contribution < 1.29 is 0 Å². The van der Waals surface area contributed by atoms with Gasteiger partial charge in [-0.25, -0.2) is 9.97 Å². The molecule has 1 N–H and O–H groups in total. The number of nitrogens with one attached hydrogen (secondary N) is 1. The average molecular weight is 245 g/mol. The third kappa shape index (κ3) is 1.94. The molecule has 5 heteroatoms. The Morgan fingerprint density at radius 3 is 2.94 bits per heavy atom. The highest BCUT2D eigenvalue weighted by molar-refractivity contribution is 5.86. The first-order chi connectivity index (χ1) is 8.75. The van der Waals surface area contributed by atoms with Gasteiger partial charge in [0, 0.05) is 13.1 Å². The van der Waals surface area contributed by atoms with Gasteiger partial charge in [0.15, 0.2) is 5.65 Å². The summed E-state index contributed by atoms with van der Waals surface area (Å²) >= 11 is 0. The lowest BCUT2D eigenvalue weighted by Crippen LogP contribution is -2.30. The van der Waals surface area contributed by atoms with Gasteiger partial charge in [-0.05, 0) is 18.8 Å². The van der Waals surface area contributed by atoms with Gasteiger partial charge in [-0.3, -0.25) is 4.68 Å². The number of nitrogens with zero attached hydrogens (tertiary/aromatic N) is 4. The molecule has 2 aromatic heterocycles. The van der Waals surface area contributed by atoms with Gasteiger partial charge < -0.3 is 5.32 Å². The van der Waals surface area contributed by atoms with E-state index in [1.54, 1.807) is 11.0 Å². The Hall–Kier alpha value is -1.65. The van der Waals surface area contributed by atoms with E-state index in [-0.39, 0.29) is 0 Å². The first-order valence-electron chi connectivity index (χ1n) is 6.65. The van der Waals surface area contributed by atoms with Crippen LogP contribution in [-0.4, -0.2) is 25.8 Å². The Morgan fingerprint density at radius 2 is 2.11 bits per heavy atom. The number of hydrogen-bond donors (Lipinski definition) is 1. The minimum Gasteiger partial charge on any atom is -0.366 e. The molecule has 1 fully saturated rings. The van der Waals surface area contributed by atoms with E-state index in [1.807, 2.05) is 13.2 Å². The van der Waals surface area contributed by atoms with Gasteiger partial charge in [-0.1, -0.05) is 19.8 Å². The van der Waals surface area contributed by atoms with Crippen LogP contribution >= 0.6 is 0 Å². The summed E-state index contributed by atoms with van der Waals surface area (Å²) in [4.78, 5) is 8.64. The van der Waals surface area contributed by atoms with Crippen LogP contribution in [0.2, 0.25) is 0 Å². The summed E-state index contributed by atoms with van der Waals surface area (Å²) in [5.41, 5.74) is 0.885. The van der Waals surface area contributed by atoms with E-state index >= 15 is 0 Å². The standard InChI is InChI=1S/C13H19N5/c1-9-5-3-4-6-11(9)17-12-10-7-16-18(2)13(10)15-8-14-12/h7-9,11H,3-6H2,1-2H3,(H,14,15,17). The van der Waals surface area contributed by atoms with Crippen molar-refractivity contribution in [2.75, 3.05) is 5.32 Å². The molecule has 0 spiro atoms. The van der Waals surface area contributed by atoms with Gasteiger partial charge in [-0.15, -0.1) is 0 Å². The molecule has 96 valence electrons. The van der Waals surface area contributed by atoms with Crippen LogP contribution in [0.3, 0.4) is 0 Å². The van der Waals surface area contributed by atoms with Crippen LogP contribution in [0.5, 0.6) is 0 Å². The molecule has 3 rings (SSSR count). The van der Waals surface area contributed by atoms with Crippen molar-refractivity contribution in [3.63, 3.8) is 0 Å². The van der Waals surface area contributed by atoms with Crippen molar-refractivity contribution in [3.05, 3.63) is 12.5 Å². The number of hydrogen-bond acceptors (Lipinski definition) is 4. The summed E-state index contributed by atoms with van der Waals surface area (Å²) in [6, 6.07) is 0.525. The van der Waals surface area contributed by atoms with Gasteiger partial charge >= 0.3 is 0 Å². The number of rotatable bonds is 2. The van der Waals surface area contributed by atoms with Crippen molar-refractivity contribution in [3.8, 4) is 0 Å². The molecular weight excluding hydrogens is 226 g/mol. The van der Waals surface area contributed by atoms with Crippen molar-refractivity contribution >= 4 is 16.9 Å². The highest BCUT2D eigenvalue weighted by atomic mass is 15.3. The molecule has 2 heterocycles. The summed E-state index contributed by atoms with van der Waals surface area (Å²) in [6.07, 6.45) is 8.64. The highest BCUT2D eigenvalue weighted by Crippen LogP contribution is 2.28. The molecule has 1 aliphatic rings. The molecule has 0 radical (unpaired) electrons. The minimum atomic E-state index is 0.525. The van der Waals surface area contributed by atoms with Gasteiger partial charge in [0.25, 0.3) is 0 Å². The molecule has 0 aliphatic heterocycles. The molecule has 5 nitrogen and oxygen atoms in total. The molecule has 1 aliphatic carbocycles. The predicted octanol–water partition coefficient (Wildman–Crippen LogP) is 2.35. The van der Waals surface area contributed by atoms with Gasteiger partial charge in [-0.2, -0.15) is 5.10 Å². The lowest BCUT2D eigenvalue weighted by atomic mass is 9.86. The fourth-order valence-corrected chi connectivity index (χ4v) is 2.78. The third-order valence-electron chi connectivity index (χ3n) is 3.96. The topological polar surface area (TPSA) is 55.6 Å². The Bertz CT molecular complexity index is 547. The maximum absolute atomic E-state index is 4.37. The zero-order chi connectivity index (χ0) is 12.5. The van der Waals surface area contributed by atoms with Crippen LogP contribution in [0.15, 0.2) is 12.5 Å². The van der Waals surface area contributed by atoms with Crippen LogP contribution in [-0.2, 0) is 7.05 Å². The van der Waals surface area contributed by atoms with E-state index in [1.165, 1.54) is 25.7 Å². The quantitative estimate of drug-likeness (QED) is 0.882. The van der Waals surface area contributed by atoms with Crippen LogP contribution in [0.4, 0.5) is 5.82 Å². The maximum Gasteiger partial charge on any atom is 0.163 e. The molecular formula is C13H19N5. The fourth-order valence-electron chi connectivity index (χ4n) is 2.78. The van der Waals surface area contributed by atoms with Crippen LogP contribution in [0.25, 0.3) is 11.0 Å². The molecule has 0 saturated heterocycles. The zero-order valence-electron chi connectivity index (χ0n) is 10.9. The second kappa shape index (κ2) is 4.55. The van der Waals surface area contributed by atoms with E-state index in [0.717, 1.165) is 16.9 Å². The normalized spacial score (nSPS) is 24.3. The lowest BCUT2D eigenvalue weighted by molar-refractivity contribution is 0.349. The SMILES string of the molecule is CC1CCCCC1Nc1ncnc2c1cnn2C. The molecule has 1 saturated carbocycles. The first kappa shape index (κ1) is 11.4. The van der Waals surface area contributed by atoms with E-state index < -0.39 is 0 Å². The van der Waals surface area contributed by atoms with Crippen molar-refractivity contribution in [2.24, 2.45) is 13.0 Å². The van der Waals surface area contributed by atoms with Crippen molar-refractivity contribution in [1.29, 1.82) is 0 Å². The summed E-state index contributed by atoms with van der Waals surface area (Å²) in [5.74, 6) is 1.63. The Kier molecular flexibility index (Phi) is 2.89. The van der Waals surface area contributed by atoms with E-state index in [0.29, 0.717) is 12.0 Å². The predicted molar refractivity (Wildman–Crippen MR) is 71.3 cm³/mol. The van der Waals surface area contributed by atoms with Gasteiger partial charge in [0.2, 0.25) is 0 Å². The van der Waals surface area contributed by atoms with Crippen LogP contribution in [0, 0.1) is 5.92 Å². The Morgan fingerprint density at radius 1 is 1.28 bits per heavy atom. The minimum absolute atomic E-state index is 0.525. The van der Waals surface area contributed by atoms with Gasteiger partial charge in [0.05, 0.1) is 11.6 Å². The first-order valence-corrected chi connectivity index (χ1v) is 6.65. The number of aromatic nitrogens is 4. The third-order valence-corrected chi connectivity index (χ3v) is 3.96. The Labute approximate surface area is 107 Å². The number of aryl methyl sites for hydroxylation is 1. The number of anilines is 1. The van der Waals surface area contributed by atoms with Crippen molar-refractivity contribution in [2.45, 2.75) is 38.6 Å². The summed E-state index contributed by atoms with van der Waals surface area (Å²) < 4.78 is 1.78. The molecule has 2 atom stereocenters. The van der Waals surface area contributed by atoms with E-state index in [4.69, 9.17) is 0 Å². The van der Waals surface area contributed by atoms with E-state index in [2.05, 4.69) is 27.3 Å². The Balaban J connectivity index is 1.90. The molecule has 0 bridgehead atoms. The summed E-state index contributed by atoms with van der Waals surface area (Å²) in [6.45, 7) is 2.32. The second-order valence-corrected chi connectivity index (χ2v) is 5.24. The number of fused-ring (bicyclic) bond motifs is 1. The summed E-state index contributed by atoms with van der Waals surface area (Å²) in [7, 11) is 1.91.